The SMILES string of the molecule is C[C@]1(C(=O)CC(=O)C23CC4CC(CC(C4)C2)C3)CCC[C@]2(C)c3cc(O)ccc3CC[C@@H]12. The van der Waals surface area contributed by atoms with Crippen LogP contribution in [0.1, 0.15) is 95.6 Å². The van der Waals surface area contributed by atoms with Gasteiger partial charge in [-0.3, -0.25) is 9.59 Å². The average molecular weight is 435 g/mol. The van der Waals surface area contributed by atoms with E-state index in [-0.39, 0.29) is 34.7 Å². The van der Waals surface area contributed by atoms with Crippen LogP contribution in [0.5, 0.6) is 5.75 Å². The Balaban J connectivity index is 1.27. The number of benzene rings is 1. The maximum atomic E-state index is 13.9. The van der Waals surface area contributed by atoms with Crippen LogP contribution in [-0.2, 0) is 21.4 Å². The van der Waals surface area contributed by atoms with Gasteiger partial charge in [0, 0.05) is 10.8 Å². The van der Waals surface area contributed by atoms with Gasteiger partial charge in [-0.2, -0.15) is 0 Å². The van der Waals surface area contributed by atoms with Gasteiger partial charge in [-0.25, -0.2) is 0 Å². The predicted molar refractivity (Wildman–Crippen MR) is 124 cm³/mol. The van der Waals surface area contributed by atoms with Crippen molar-refractivity contribution in [3.05, 3.63) is 29.3 Å². The van der Waals surface area contributed by atoms with E-state index in [1.54, 1.807) is 6.07 Å². The van der Waals surface area contributed by atoms with Gasteiger partial charge < -0.3 is 5.11 Å². The van der Waals surface area contributed by atoms with Crippen molar-refractivity contribution in [3.63, 3.8) is 0 Å². The van der Waals surface area contributed by atoms with Gasteiger partial charge in [0.2, 0.25) is 0 Å². The van der Waals surface area contributed by atoms with Gasteiger partial charge in [0.05, 0.1) is 6.42 Å². The Kier molecular flexibility index (Phi) is 4.54. The van der Waals surface area contributed by atoms with E-state index in [1.807, 2.05) is 6.07 Å². The fraction of sp³-hybridized carbons (Fsp3) is 0.724. The lowest BCUT2D eigenvalue weighted by atomic mass is 9.47. The maximum absolute atomic E-state index is 13.9. The molecule has 1 N–H and O–H groups in total. The molecule has 0 radical (unpaired) electrons. The average Bonchev–Trinajstić information content (AvgIpc) is 2.73. The van der Waals surface area contributed by atoms with E-state index in [0.717, 1.165) is 69.1 Å². The molecule has 0 aromatic heterocycles. The molecule has 172 valence electrons. The summed E-state index contributed by atoms with van der Waals surface area (Å²) in [6, 6.07) is 5.80. The van der Waals surface area contributed by atoms with Gasteiger partial charge >= 0.3 is 0 Å². The smallest absolute Gasteiger partial charge is 0.146 e. The Bertz CT molecular complexity index is 941. The fourth-order valence-corrected chi connectivity index (χ4v) is 9.77. The third-order valence-corrected chi connectivity index (χ3v) is 10.9. The second kappa shape index (κ2) is 6.93. The lowest BCUT2D eigenvalue weighted by Gasteiger charge is -2.56. The van der Waals surface area contributed by atoms with Crippen molar-refractivity contribution in [1.29, 1.82) is 0 Å². The number of phenols is 1. The first-order chi connectivity index (χ1) is 15.2. The minimum Gasteiger partial charge on any atom is -0.508 e. The molecule has 0 aliphatic heterocycles. The summed E-state index contributed by atoms with van der Waals surface area (Å²) >= 11 is 0. The van der Waals surface area contributed by atoms with E-state index in [2.05, 4.69) is 19.9 Å². The topological polar surface area (TPSA) is 54.4 Å². The molecule has 5 fully saturated rings. The van der Waals surface area contributed by atoms with E-state index in [1.165, 1.54) is 30.4 Å². The zero-order chi connectivity index (χ0) is 22.3. The summed E-state index contributed by atoms with van der Waals surface area (Å²) in [4.78, 5) is 27.7. The third kappa shape index (κ3) is 2.91. The van der Waals surface area contributed by atoms with Crippen molar-refractivity contribution >= 4 is 11.6 Å². The van der Waals surface area contributed by atoms with E-state index in [9.17, 15) is 14.7 Å². The number of ketones is 2. The molecule has 3 atom stereocenters. The first-order valence-corrected chi connectivity index (χ1v) is 13.1. The van der Waals surface area contributed by atoms with E-state index in [0.29, 0.717) is 5.75 Å². The summed E-state index contributed by atoms with van der Waals surface area (Å²) < 4.78 is 0. The number of hydrogen-bond donors (Lipinski definition) is 1. The van der Waals surface area contributed by atoms with Crippen molar-refractivity contribution in [2.45, 2.75) is 96.3 Å². The van der Waals surface area contributed by atoms with Gasteiger partial charge in [-0.05, 0) is 117 Å². The number of Topliss-reactive ketones (excluding diaryl/α,β-unsaturated/α-hetero) is 2. The van der Waals surface area contributed by atoms with Gasteiger partial charge in [0.1, 0.15) is 17.3 Å². The van der Waals surface area contributed by atoms with E-state index in [4.69, 9.17) is 0 Å². The van der Waals surface area contributed by atoms with Crippen molar-refractivity contribution in [2.75, 3.05) is 0 Å². The van der Waals surface area contributed by atoms with Gasteiger partial charge in [-0.15, -0.1) is 0 Å². The monoisotopic (exact) mass is 434 g/mol. The second-order valence-electron chi connectivity index (χ2n) is 12.8. The lowest BCUT2D eigenvalue weighted by Crippen LogP contribution is -2.54. The Labute approximate surface area is 192 Å². The normalized spacial score (nSPS) is 44.1. The number of aryl methyl sites for hydroxylation is 1. The summed E-state index contributed by atoms with van der Waals surface area (Å²) in [7, 11) is 0. The van der Waals surface area contributed by atoms with Crippen molar-refractivity contribution in [1.82, 2.24) is 0 Å². The zero-order valence-electron chi connectivity index (χ0n) is 19.8. The van der Waals surface area contributed by atoms with Crippen LogP contribution in [0, 0.1) is 34.5 Å². The first kappa shape index (κ1) is 20.9. The summed E-state index contributed by atoms with van der Waals surface area (Å²) in [5, 5.41) is 10.2. The third-order valence-electron chi connectivity index (χ3n) is 10.9. The molecule has 3 nitrogen and oxygen atoms in total. The Morgan fingerprint density at radius 1 is 0.969 bits per heavy atom. The van der Waals surface area contributed by atoms with Crippen LogP contribution < -0.4 is 0 Å². The molecule has 6 aliphatic rings. The Morgan fingerprint density at radius 3 is 2.28 bits per heavy atom. The Morgan fingerprint density at radius 2 is 1.62 bits per heavy atom. The van der Waals surface area contributed by atoms with Crippen LogP contribution in [0.3, 0.4) is 0 Å². The van der Waals surface area contributed by atoms with Gasteiger partial charge in [0.15, 0.2) is 0 Å². The first-order valence-electron chi connectivity index (χ1n) is 13.1. The molecule has 7 rings (SSSR count). The molecule has 3 heteroatoms. The molecule has 0 spiro atoms. The minimum absolute atomic E-state index is 0.0985. The summed E-state index contributed by atoms with van der Waals surface area (Å²) in [5.41, 5.74) is 1.85. The van der Waals surface area contributed by atoms with Crippen LogP contribution in [-0.4, -0.2) is 16.7 Å². The maximum Gasteiger partial charge on any atom is 0.146 e. The van der Waals surface area contributed by atoms with Crippen molar-refractivity contribution < 1.29 is 14.7 Å². The van der Waals surface area contributed by atoms with Gasteiger partial charge in [-0.1, -0.05) is 26.3 Å². The molecular weight excluding hydrogens is 396 g/mol. The number of hydrogen-bond acceptors (Lipinski definition) is 3. The minimum atomic E-state index is -0.436. The van der Waals surface area contributed by atoms with Crippen LogP contribution in [0.4, 0.5) is 0 Å². The van der Waals surface area contributed by atoms with E-state index >= 15 is 0 Å². The molecular formula is C29H38O3. The zero-order valence-corrected chi connectivity index (χ0v) is 19.8. The highest BCUT2D eigenvalue weighted by Crippen LogP contribution is 2.62. The van der Waals surface area contributed by atoms with Crippen molar-refractivity contribution in [2.24, 2.45) is 34.5 Å². The molecule has 5 saturated carbocycles. The highest BCUT2D eigenvalue weighted by Gasteiger charge is 2.58. The van der Waals surface area contributed by atoms with Crippen molar-refractivity contribution in [3.8, 4) is 5.75 Å². The van der Waals surface area contributed by atoms with E-state index < -0.39 is 5.41 Å². The van der Waals surface area contributed by atoms with Crippen LogP contribution >= 0.6 is 0 Å². The molecule has 0 amide bonds. The molecule has 4 bridgehead atoms. The number of fused-ring (bicyclic) bond motifs is 3. The fourth-order valence-electron chi connectivity index (χ4n) is 9.77. The number of carbonyl (C=O) groups excluding carboxylic acids is 2. The summed E-state index contributed by atoms with van der Waals surface area (Å²) in [5.74, 6) is 3.25. The molecule has 0 unspecified atom stereocenters. The number of carbonyl (C=O) groups is 2. The molecule has 1 aromatic carbocycles. The second-order valence-corrected chi connectivity index (χ2v) is 12.8. The van der Waals surface area contributed by atoms with Gasteiger partial charge in [0.25, 0.3) is 0 Å². The summed E-state index contributed by atoms with van der Waals surface area (Å²) in [6.07, 6.45) is 12.2. The largest absolute Gasteiger partial charge is 0.508 e. The quantitative estimate of drug-likeness (QED) is 0.579. The molecule has 0 heterocycles. The predicted octanol–water partition coefficient (Wildman–Crippen LogP) is 6.15. The van der Waals surface area contributed by atoms with Crippen LogP contribution in [0.15, 0.2) is 18.2 Å². The number of phenolic OH excluding ortho intramolecular Hbond substituents is 1. The number of rotatable bonds is 4. The van der Waals surface area contributed by atoms with Crippen LogP contribution in [0.25, 0.3) is 0 Å². The highest BCUT2D eigenvalue weighted by atomic mass is 16.3. The number of aromatic hydroxyl groups is 1. The highest BCUT2D eigenvalue weighted by molar-refractivity contribution is 6.04. The molecule has 32 heavy (non-hydrogen) atoms. The van der Waals surface area contributed by atoms with Crippen LogP contribution in [0.2, 0.25) is 0 Å². The molecule has 1 aromatic rings. The standard InChI is InChI=1S/C29H38O3/c1-27-8-3-9-28(2,24(27)7-5-21-4-6-22(30)13-23(21)27)25(31)14-26(32)29-15-18-10-19(16-29)12-20(11-18)17-29/h4,6,13,18-20,24,30H,3,5,7-12,14-17H2,1-2H3/t18?,19?,20?,24-,27-,28+,29?/m1/s1. The summed E-state index contributed by atoms with van der Waals surface area (Å²) in [6.45, 7) is 4.47. The lowest BCUT2D eigenvalue weighted by molar-refractivity contribution is -0.150. The Hall–Kier alpha value is -1.64. The molecule has 0 saturated heterocycles. The molecule has 6 aliphatic carbocycles.